The molecule has 0 radical (unpaired) electrons. The Morgan fingerprint density at radius 3 is 1.51 bits per heavy atom. The van der Waals surface area contributed by atoms with Gasteiger partial charge in [0.05, 0.1) is 102 Å². The highest BCUT2D eigenvalue weighted by molar-refractivity contribution is 7.89. The van der Waals surface area contributed by atoms with Crippen molar-refractivity contribution in [3.8, 4) is 0 Å². The van der Waals surface area contributed by atoms with Gasteiger partial charge in [0.2, 0.25) is 21.8 Å². The van der Waals surface area contributed by atoms with Crippen molar-refractivity contribution in [1.29, 1.82) is 0 Å². The Labute approximate surface area is 464 Å². The van der Waals surface area contributed by atoms with E-state index in [4.69, 9.17) is 74.8 Å². The molecule has 0 fully saturated rings. The van der Waals surface area contributed by atoms with Gasteiger partial charge in [-0.05, 0) is 96.0 Å². The van der Waals surface area contributed by atoms with Crippen LogP contribution in [-0.4, -0.2) is 167 Å². The van der Waals surface area contributed by atoms with Gasteiger partial charge in [-0.3, -0.25) is 9.59 Å². The number of carbonyl (C=O) groups excluding carboxylic acids is 2. The van der Waals surface area contributed by atoms with E-state index >= 15 is 0 Å². The fourth-order valence-corrected chi connectivity index (χ4v) is 11.7. The van der Waals surface area contributed by atoms with Crippen LogP contribution in [0.15, 0.2) is 82.6 Å². The molecular formula is C52H68Cl4N6O11S2. The third-order valence-corrected chi connectivity index (χ3v) is 16.0. The summed E-state index contributed by atoms with van der Waals surface area (Å²) < 4.78 is 78.2. The molecule has 0 aromatic heterocycles. The third-order valence-electron chi connectivity index (χ3n) is 12.3. The second kappa shape index (κ2) is 32.0. The van der Waals surface area contributed by atoms with E-state index in [1.807, 2.05) is 49.5 Å². The van der Waals surface area contributed by atoms with E-state index in [1.165, 1.54) is 0 Å². The first kappa shape index (κ1) is 61.1. The zero-order chi connectivity index (χ0) is 53.6. The van der Waals surface area contributed by atoms with Crippen molar-refractivity contribution in [2.75, 3.05) is 133 Å². The van der Waals surface area contributed by atoms with Crippen molar-refractivity contribution < 1.29 is 51.0 Å². The van der Waals surface area contributed by atoms with Crippen molar-refractivity contribution in [3.05, 3.63) is 126 Å². The molecule has 0 saturated heterocycles. The van der Waals surface area contributed by atoms with Crippen LogP contribution in [0.4, 0.5) is 0 Å². The number of likely N-dealkylation sites (N-methyl/N-ethyl adjacent to an activating group) is 2. The van der Waals surface area contributed by atoms with Crippen LogP contribution in [0.5, 0.6) is 0 Å². The summed E-state index contributed by atoms with van der Waals surface area (Å²) in [6.07, 6.45) is 0.0917. The largest absolute Gasteiger partial charge is 0.593 e. The number of rotatable bonds is 33. The number of hydrogen-bond acceptors (Lipinski definition) is 14. The molecule has 0 bridgehead atoms. The summed E-state index contributed by atoms with van der Waals surface area (Å²) in [4.78, 5) is 29.5. The molecule has 2 aliphatic heterocycles. The molecule has 2 amide bonds. The Bertz CT molecular complexity index is 2570. The molecule has 75 heavy (non-hydrogen) atoms. The van der Waals surface area contributed by atoms with Crippen LogP contribution < -0.4 is 20.1 Å². The fraction of sp³-hybridized carbons (Fsp3) is 0.500. The molecule has 4 aromatic carbocycles. The first-order chi connectivity index (χ1) is 36.2. The lowest BCUT2D eigenvalue weighted by Crippen LogP contribution is -2.31. The van der Waals surface area contributed by atoms with Crippen molar-refractivity contribution in [3.63, 3.8) is 0 Å². The standard InChI is InChI=1S/C52H68Cl4N6O11S2/c1-61-33-45(43-29-39(53)31-49(55)47(43)35-61)37-5-3-7-41(27-37)74(65)59-13-17-70-21-25-72-23-19-68-15-11-57-51(63)9-10-52(64)58-12-16-69-20-24-73-26-22-71-18-14-60-75(66,67)42-8-4-6-38(28-42)46-34-62(2)36-48-44(46)30-40(54)32-50(48)56/h3-8,27-32,45-46,59-60H,9-26,33-36H2,1-2H3,(H,57,63)(H,58,64). The maximum absolute atomic E-state index is 13.1. The Hall–Kier alpha value is -3.16. The monoisotopic (exact) mass is 1160 g/mol. The molecule has 0 spiro atoms. The van der Waals surface area contributed by atoms with E-state index in [0.29, 0.717) is 117 Å². The van der Waals surface area contributed by atoms with Gasteiger partial charge in [0.15, 0.2) is 4.90 Å². The Morgan fingerprint density at radius 2 is 1.01 bits per heavy atom. The second-order valence-corrected chi connectivity index (χ2v) is 22.7. The Balaban J connectivity index is 0.685. The molecule has 2 heterocycles. The summed E-state index contributed by atoms with van der Waals surface area (Å²) in [6.45, 7) is 7.76. The predicted molar refractivity (Wildman–Crippen MR) is 292 cm³/mol. The smallest absolute Gasteiger partial charge is 0.240 e. The van der Waals surface area contributed by atoms with Gasteiger partial charge >= 0.3 is 0 Å². The number of nitrogens with one attached hydrogen (secondary N) is 4. The lowest BCUT2D eigenvalue weighted by Gasteiger charge is -2.33. The summed E-state index contributed by atoms with van der Waals surface area (Å²) >= 11 is 24.3. The van der Waals surface area contributed by atoms with Crippen LogP contribution in [-0.2, 0) is 72.5 Å². The molecule has 23 heteroatoms. The minimum Gasteiger partial charge on any atom is -0.593 e. The van der Waals surface area contributed by atoms with Gasteiger partial charge < -0.3 is 53.4 Å². The molecule has 0 aliphatic carbocycles. The minimum atomic E-state index is -3.78. The maximum Gasteiger partial charge on any atom is 0.240 e. The number of benzene rings is 4. The van der Waals surface area contributed by atoms with Crippen LogP contribution in [0.25, 0.3) is 0 Å². The normalized spacial score (nSPS) is 16.4. The second-order valence-electron chi connectivity index (χ2n) is 18.0. The van der Waals surface area contributed by atoms with Crippen molar-refractivity contribution in [2.24, 2.45) is 0 Å². The van der Waals surface area contributed by atoms with Crippen molar-refractivity contribution >= 4 is 79.6 Å². The Kier molecular flexibility index (Phi) is 26.1. The molecule has 2 aliphatic rings. The number of hydrogen-bond donors (Lipinski definition) is 4. The average Bonchev–Trinajstić information content (AvgIpc) is 3.38. The van der Waals surface area contributed by atoms with E-state index < -0.39 is 21.4 Å². The van der Waals surface area contributed by atoms with Gasteiger partial charge in [0.1, 0.15) is 0 Å². The molecule has 4 aromatic rings. The van der Waals surface area contributed by atoms with E-state index in [2.05, 4.69) is 36.9 Å². The lowest BCUT2D eigenvalue weighted by molar-refractivity contribution is -0.126. The van der Waals surface area contributed by atoms with Gasteiger partial charge in [-0.2, -0.15) is 0 Å². The number of carbonyl (C=O) groups is 2. The SMILES string of the molecule is CN1Cc2c(Cl)cc(Cl)cc2C(c2cccc([S+]([O-])NCCOCCOCCOCCNC(=O)CCC(=O)NCCOCCOCCOCCNS(=O)(=O)c3cccc(C4CN(C)Cc5c(Cl)cc(Cl)cc54)c3)c2)C1. The number of halogens is 4. The van der Waals surface area contributed by atoms with Crippen LogP contribution in [0.2, 0.25) is 20.1 Å². The first-order valence-corrected chi connectivity index (χ1v) is 29.0. The number of sulfonamides is 1. The van der Waals surface area contributed by atoms with E-state index in [0.717, 1.165) is 46.5 Å². The van der Waals surface area contributed by atoms with Crippen LogP contribution in [0.3, 0.4) is 0 Å². The van der Waals surface area contributed by atoms with Crippen LogP contribution in [0, 0.1) is 0 Å². The summed E-state index contributed by atoms with van der Waals surface area (Å²) in [7, 11) is 0.277. The zero-order valence-corrected chi connectivity index (χ0v) is 47.0. The number of nitrogens with zero attached hydrogens (tertiary/aromatic N) is 2. The van der Waals surface area contributed by atoms with Gasteiger partial charge in [0, 0.05) is 90.6 Å². The van der Waals surface area contributed by atoms with Crippen molar-refractivity contribution in [1.82, 2.24) is 29.9 Å². The summed E-state index contributed by atoms with van der Waals surface area (Å²) in [6, 6.07) is 22.1. The third kappa shape index (κ3) is 20.2. The highest BCUT2D eigenvalue weighted by Crippen LogP contribution is 2.40. The predicted octanol–water partition coefficient (Wildman–Crippen LogP) is 6.16. The molecule has 6 rings (SSSR count). The van der Waals surface area contributed by atoms with Crippen LogP contribution in [0.1, 0.15) is 58.1 Å². The number of amides is 2. The van der Waals surface area contributed by atoms with Crippen LogP contribution >= 0.6 is 46.4 Å². The quantitative estimate of drug-likeness (QED) is 0.0312. The van der Waals surface area contributed by atoms with E-state index in [1.54, 1.807) is 30.3 Å². The topological polar surface area (TPSA) is 201 Å². The van der Waals surface area contributed by atoms with Gasteiger partial charge in [-0.25, -0.2) is 13.1 Å². The molecule has 412 valence electrons. The molecular weight excluding hydrogens is 1090 g/mol. The van der Waals surface area contributed by atoms with E-state index in [9.17, 15) is 22.6 Å². The minimum absolute atomic E-state index is 0.0449. The highest BCUT2D eigenvalue weighted by Gasteiger charge is 2.30. The number of fused-ring (bicyclic) bond motifs is 2. The first-order valence-electron chi connectivity index (χ1n) is 24.9. The summed E-state index contributed by atoms with van der Waals surface area (Å²) in [5.74, 6) is -0.549. The average molecular weight is 1160 g/mol. The lowest BCUT2D eigenvalue weighted by atomic mass is 9.85. The van der Waals surface area contributed by atoms with Gasteiger partial charge in [0.25, 0.3) is 0 Å². The highest BCUT2D eigenvalue weighted by atomic mass is 35.5. The summed E-state index contributed by atoms with van der Waals surface area (Å²) in [5, 5.41) is 7.86. The fourth-order valence-electron chi connectivity index (χ4n) is 8.64. The molecule has 4 N–H and O–H groups in total. The Morgan fingerprint density at radius 1 is 0.587 bits per heavy atom. The van der Waals surface area contributed by atoms with Gasteiger partial charge in [-0.15, -0.1) is 4.72 Å². The number of ether oxygens (including phenoxy) is 6. The molecule has 3 unspecified atom stereocenters. The molecule has 0 saturated carbocycles. The molecule has 17 nitrogen and oxygen atoms in total. The van der Waals surface area contributed by atoms with Crippen molar-refractivity contribution in [2.45, 2.75) is 47.6 Å². The molecule has 3 atom stereocenters. The van der Waals surface area contributed by atoms with Gasteiger partial charge in [-0.1, -0.05) is 70.7 Å². The van der Waals surface area contributed by atoms with E-state index in [-0.39, 0.29) is 67.8 Å². The summed E-state index contributed by atoms with van der Waals surface area (Å²) in [5.41, 5.74) is 6.06. The maximum atomic E-state index is 13.1. The zero-order valence-electron chi connectivity index (χ0n) is 42.4.